The SMILES string of the molecule is CC(C(=O)NCC(N1CCNCC1)C(F)(F)F)c1cccc(Cl)c1.Cl. The van der Waals surface area contributed by atoms with Crippen molar-refractivity contribution in [1.29, 1.82) is 0 Å². The number of nitrogens with one attached hydrogen (secondary N) is 2. The van der Waals surface area contributed by atoms with Crippen molar-refractivity contribution in [1.82, 2.24) is 15.5 Å². The molecule has 0 saturated carbocycles. The van der Waals surface area contributed by atoms with Gasteiger partial charge in [0.1, 0.15) is 6.04 Å². The van der Waals surface area contributed by atoms with Crippen molar-refractivity contribution in [3.63, 3.8) is 0 Å². The van der Waals surface area contributed by atoms with Gasteiger partial charge in [-0.05, 0) is 24.6 Å². The summed E-state index contributed by atoms with van der Waals surface area (Å²) in [6.45, 7) is 2.84. The van der Waals surface area contributed by atoms with E-state index in [0.717, 1.165) is 0 Å². The van der Waals surface area contributed by atoms with Crippen molar-refractivity contribution in [3.8, 4) is 0 Å². The summed E-state index contributed by atoms with van der Waals surface area (Å²) in [6, 6.07) is 5.09. The van der Waals surface area contributed by atoms with E-state index in [-0.39, 0.29) is 12.4 Å². The van der Waals surface area contributed by atoms with Gasteiger partial charge in [0.05, 0.1) is 5.92 Å². The molecule has 1 aliphatic heterocycles. The largest absolute Gasteiger partial charge is 0.405 e. The van der Waals surface area contributed by atoms with E-state index in [0.29, 0.717) is 36.8 Å². The number of carbonyl (C=O) groups excluding carboxylic acids is 1. The van der Waals surface area contributed by atoms with E-state index in [2.05, 4.69) is 10.6 Å². The van der Waals surface area contributed by atoms with Crippen LogP contribution in [0.1, 0.15) is 18.4 Å². The molecule has 0 aromatic heterocycles. The number of hydrogen-bond donors (Lipinski definition) is 2. The summed E-state index contributed by atoms with van der Waals surface area (Å²) < 4.78 is 39.9. The third-order valence-electron chi connectivity index (χ3n) is 4.18. The van der Waals surface area contributed by atoms with E-state index in [9.17, 15) is 18.0 Å². The van der Waals surface area contributed by atoms with Crippen LogP contribution in [0.5, 0.6) is 0 Å². The molecular formula is C16H22Cl2F3N3O. The first-order valence-corrected chi connectivity index (χ1v) is 8.21. The molecule has 0 bridgehead atoms. The van der Waals surface area contributed by atoms with Crippen molar-refractivity contribution in [2.75, 3.05) is 32.7 Å². The van der Waals surface area contributed by atoms with Crippen LogP contribution in [0.25, 0.3) is 0 Å². The molecule has 1 aromatic carbocycles. The van der Waals surface area contributed by atoms with Crippen LogP contribution in [-0.4, -0.2) is 55.7 Å². The van der Waals surface area contributed by atoms with Crippen molar-refractivity contribution in [2.45, 2.75) is 25.1 Å². The van der Waals surface area contributed by atoms with Crippen molar-refractivity contribution in [3.05, 3.63) is 34.9 Å². The fourth-order valence-corrected chi connectivity index (χ4v) is 2.92. The van der Waals surface area contributed by atoms with Crippen LogP contribution in [0.3, 0.4) is 0 Å². The van der Waals surface area contributed by atoms with Gasteiger partial charge < -0.3 is 10.6 Å². The highest BCUT2D eigenvalue weighted by molar-refractivity contribution is 6.30. The maximum Gasteiger partial charge on any atom is 0.405 e. The quantitative estimate of drug-likeness (QED) is 0.799. The molecule has 1 saturated heterocycles. The van der Waals surface area contributed by atoms with Crippen LogP contribution in [-0.2, 0) is 4.79 Å². The molecule has 1 aliphatic rings. The minimum Gasteiger partial charge on any atom is -0.354 e. The number of piperazine rings is 1. The molecule has 2 unspecified atom stereocenters. The molecule has 0 radical (unpaired) electrons. The minimum atomic E-state index is -4.39. The van der Waals surface area contributed by atoms with Crippen LogP contribution >= 0.6 is 24.0 Å². The van der Waals surface area contributed by atoms with Gasteiger partial charge in [-0.2, -0.15) is 13.2 Å². The number of hydrogen-bond acceptors (Lipinski definition) is 3. The minimum absolute atomic E-state index is 0. The number of alkyl halides is 3. The Morgan fingerprint density at radius 3 is 2.56 bits per heavy atom. The summed E-state index contributed by atoms with van der Waals surface area (Å²) >= 11 is 5.89. The molecule has 0 aliphatic carbocycles. The molecule has 2 atom stereocenters. The number of rotatable bonds is 5. The van der Waals surface area contributed by atoms with Crippen molar-refractivity contribution < 1.29 is 18.0 Å². The van der Waals surface area contributed by atoms with E-state index in [1.54, 1.807) is 31.2 Å². The molecule has 0 spiro atoms. The molecule has 9 heteroatoms. The van der Waals surface area contributed by atoms with Gasteiger partial charge >= 0.3 is 6.18 Å². The monoisotopic (exact) mass is 399 g/mol. The summed E-state index contributed by atoms with van der Waals surface area (Å²) in [5.74, 6) is -1.01. The molecule has 142 valence electrons. The second kappa shape index (κ2) is 9.62. The second-order valence-corrected chi connectivity index (χ2v) is 6.30. The summed E-state index contributed by atoms with van der Waals surface area (Å²) in [7, 11) is 0. The topological polar surface area (TPSA) is 44.4 Å². The lowest BCUT2D eigenvalue weighted by atomic mass is 10.0. The van der Waals surface area contributed by atoms with E-state index in [4.69, 9.17) is 11.6 Å². The van der Waals surface area contributed by atoms with Crippen LogP contribution in [0.15, 0.2) is 24.3 Å². The predicted molar refractivity (Wildman–Crippen MR) is 94.4 cm³/mol. The Labute approximate surface area is 156 Å². The van der Waals surface area contributed by atoms with E-state index < -0.39 is 30.6 Å². The standard InChI is InChI=1S/C16H21ClF3N3O.ClH/c1-11(12-3-2-4-13(17)9-12)15(24)22-10-14(16(18,19)20)23-7-5-21-6-8-23;/h2-4,9,11,14,21H,5-8,10H2,1H3,(H,22,24);1H. The Balaban J connectivity index is 0.00000312. The first-order valence-electron chi connectivity index (χ1n) is 7.83. The normalized spacial score (nSPS) is 18.1. The predicted octanol–water partition coefficient (Wildman–Crippen LogP) is 2.82. The molecule has 2 N–H and O–H groups in total. The van der Waals surface area contributed by atoms with E-state index >= 15 is 0 Å². The Bertz CT molecular complexity index is 566. The smallest absolute Gasteiger partial charge is 0.354 e. The van der Waals surface area contributed by atoms with Gasteiger partial charge in [-0.1, -0.05) is 23.7 Å². The fraction of sp³-hybridized carbons (Fsp3) is 0.562. The highest BCUT2D eigenvalue weighted by Gasteiger charge is 2.43. The summed E-state index contributed by atoms with van der Waals surface area (Å²) in [6.07, 6.45) is -4.39. The average molecular weight is 400 g/mol. The van der Waals surface area contributed by atoms with E-state index in [1.165, 1.54) is 4.90 Å². The maximum absolute atomic E-state index is 13.3. The Morgan fingerprint density at radius 1 is 1.36 bits per heavy atom. The van der Waals surface area contributed by atoms with Gasteiger partial charge in [0, 0.05) is 37.7 Å². The highest BCUT2D eigenvalue weighted by Crippen LogP contribution is 2.25. The molecule has 25 heavy (non-hydrogen) atoms. The number of amides is 1. The maximum atomic E-state index is 13.3. The third-order valence-corrected chi connectivity index (χ3v) is 4.42. The molecule has 4 nitrogen and oxygen atoms in total. The second-order valence-electron chi connectivity index (χ2n) is 5.87. The Kier molecular flexibility index (Phi) is 8.47. The lowest BCUT2D eigenvalue weighted by Crippen LogP contribution is -2.57. The number of benzene rings is 1. The van der Waals surface area contributed by atoms with Gasteiger partial charge in [-0.15, -0.1) is 12.4 Å². The van der Waals surface area contributed by atoms with Gasteiger partial charge in [0.15, 0.2) is 0 Å². The number of carbonyl (C=O) groups is 1. The van der Waals surface area contributed by atoms with Gasteiger partial charge in [-0.25, -0.2) is 0 Å². The zero-order valence-electron chi connectivity index (χ0n) is 13.8. The van der Waals surface area contributed by atoms with Crippen LogP contribution in [0.2, 0.25) is 5.02 Å². The molecule has 1 amide bonds. The van der Waals surface area contributed by atoms with Crippen molar-refractivity contribution in [2.24, 2.45) is 0 Å². The molecular weight excluding hydrogens is 378 g/mol. The van der Waals surface area contributed by atoms with Crippen LogP contribution in [0, 0.1) is 0 Å². The molecule has 1 fully saturated rings. The lowest BCUT2D eigenvalue weighted by molar-refractivity contribution is -0.184. The Morgan fingerprint density at radius 2 is 2.00 bits per heavy atom. The average Bonchev–Trinajstić information content (AvgIpc) is 2.54. The van der Waals surface area contributed by atoms with Crippen LogP contribution in [0.4, 0.5) is 13.2 Å². The molecule has 1 heterocycles. The van der Waals surface area contributed by atoms with Gasteiger partial charge in [0.2, 0.25) is 5.91 Å². The summed E-state index contributed by atoms with van der Waals surface area (Å²) in [4.78, 5) is 13.6. The highest BCUT2D eigenvalue weighted by atomic mass is 35.5. The number of nitrogens with zero attached hydrogens (tertiary/aromatic N) is 1. The third kappa shape index (κ3) is 6.33. The summed E-state index contributed by atoms with van der Waals surface area (Å²) in [5.41, 5.74) is 0.672. The van der Waals surface area contributed by atoms with Crippen LogP contribution < -0.4 is 10.6 Å². The zero-order valence-corrected chi connectivity index (χ0v) is 15.3. The zero-order chi connectivity index (χ0) is 17.7. The van der Waals surface area contributed by atoms with E-state index in [1.807, 2.05) is 0 Å². The first kappa shape index (κ1) is 22.0. The number of halogens is 5. The lowest BCUT2D eigenvalue weighted by Gasteiger charge is -2.36. The molecule has 2 rings (SSSR count). The Hall–Kier alpha value is -1.02. The molecule has 1 aromatic rings. The van der Waals surface area contributed by atoms with Crippen molar-refractivity contribution >= 4 is 29.9 Å². The fourth-order valence-electron chi connectivity index (χ4n) is 2.72. The summed E-state index contributed by atoms with van der Waals surface area (Å²) in [5, 5.41) is 5.95. The first-order chi connectivity index (χ1) is 11.3. The van der Waals surface area contributed by atoms with Gasteiger partial charge in [0.25, 0.3) is 0 Å². The van der Waals surface area contributed by atoms with Gasteiger partial charge in [-0.3, -0.25) is 9.69 Å².